The third-order valence-corrected chi connectivity index (χ3v) is 6.01. The van der Waals surface area contributed by atoms with Crippen molar-refractivity contribution in [3.8, 4) is 0 Å². The van der Waals surface area contributed by atoms with Crippen molar-refractivity contribution in [1.29, 1.82) is 0 Å². The number of hydrogen-bond donors (Lipinski definition) is 1. The first-order valence-electron chi connectivity index (χ1n) is 10.4. The second-order valence-electron chi connectivity index (χ2n) is 7.42. The molecule has 33 heavy (non-hydrogen) atoms. The zero-order valence-corrected chi connectivity index (χ0v) is 19.6. The van der Waals surface area contributed by atoms with E-state index >= 15 is 0 Å². The number of benzene rings is 2. The molecule has 0 aliphatic heterocycles. The Labute approximate surface area is 202 Å². The Hall–Kier alpha value is -3.29. The van der Waals surface area contributed by atoms with Gasteiger partial charge >= 0.3 is 0 Å². The van der Waals surface area contributed by atoms with Gasteiger partial charge in [-0.25, -0.2) is 9.97 Å². The van der Waals surface area contributed by atoms with Crippen molar-refractivity contribution in [1.82, 2.24) is 15.3 Å². The van der Waals surface area contributed by atoms with Gasteiger partial charge < -0.3 is 14.6 Å². The van der Waals surface area contributed by atoms with Gasteiger partial charge in [-0.3, -0.25) is 4.79 Å². The predicted octanol–water partition coefficient (Wildman–Crippen LogP) is 5.58. The van der Waals surface area contributed by atoms with E-state index in [1.807, 2.05) is 60.5 Å². The van der Waals surface area contributed by atoms with Crippen LogP contribution in [0.5, 0.6) is 0 Å². The van der Waals surface area contributed by atoms with E-state index in [9.17, 15) is 4.79 Å². The van der Waals surface area contributed by atoms with Crippen molar-refractivity contribution in [3.05, 3.63) is 107 Å². The summed E-state index contributed by atoms with van der Waals surface area (Å²) >= 11 is 7.76. The number of halogens is 1. The molecule has 8 heteroatoms. The second-order valence-corrected chi connectivity index (χ2v) is 8.75. The van der Waals surface area contributed by atoms with Crippen LogP contribution >= 0.6 is 23.4 Å². The highest BCUT2D eigenvalue weighted by molar-refractivity contribution is 7.98. The van der Waals surface area contributed by atoms with Crippen molar-refractivity contribution >= 4 is 35.1 Å². The highest BCUT2D eigenvalue weighted by Crippen LogP contribution is 2.25. The lowest BCUT2D eigenvalue weighted by atomic mass is 10.1. The summed E-state index contributed by atoms with van der Waals surface area (Å²) in [6.45, 7) is 1.08. The van der Waals surface area contributed by atoms with Crippen LogP contribution < -0.4 is 10.2 Å². The summed E-state index contributed by atoms with van der Waals surface area (Å²) in [5.41, 5.74) is 2.85. The average Bonchev–Trinajstić information content (AvgIpc) is 3.36. The van der Waals surface area contributed by atoms with Crippen LogP contribution in [0.1, 0.15) is 27.2 Å². The highest BCUT2D eigenvalue weighted by Gasteiger charge is 2.10. The van der Waals surface area contributed by atoms with Crippen molar-refractivity contribution in [2.24, 2.45) is 0 Å². The van der Waals surface area contributed by atoms with Crippen LogP contribution in [0.4, 0.5) is 5.82 Å². The molecule has 2 aromatic carbocycles. The zero-order chi connectivity index (χ0) is 23.0. The number of carbonyl (C=O) groups is 1. The maximum Gasteiger partial charge on any atom is 0.251 e. The molecule has 0 aliphatic carbocycles. The maximum atomic E-state index is 12.3. The monoisotopic (exact) mass is 478 g/mol. The molecule has 4 rings (SSSR count). The number of nitrogens with one attached hydrogen (secondary N) is 1. The Morgan fingerprint density at radius 1 is 1.03 bits per heavy atom. The number of amides is 1. The number of nitrogens with zero attached hydrogens (tertiary/aromatic N) is 3. The first-order valence-corrected chi connectivity index (χ1v) is 11.7. The van der Waals surface area contributed by atoms with Crippen LogP contribution in [0.3, 0.4) is 0 Å². The van der Waals surface area contributed by atoms with E-state index in [0.717, 1.165) is 17.9 Å². The molecule has 0 atom stereocenters. The molecule has 0 bridgehead atoms. The number of hydrogen-bond acceptors (Lipinski definition) is 6. The van der Waals surface area contributed by atoms with E-state index in [0.29, 0.717) is 33.9 Å². The van der Waals surface area contributed by atoms with Gasteiger partial charge in [-0.1, -0.05) is 65.8 Å². The van der Waals surface area contributed by atoms with Crippen LogP contribution in [-0.2, 0) is 18.8 Å². The molecule has 0 unspecified atom stereocenters. The Bertz CT molecular complexity index is 1190. The largest absolute Gasteiger partial charge is 0.467 e. The molecule has 0 radical (unpaired) electrons. The van der Waals surface area contributed by atoms with E-state index in [4.69, 9.17) is 16.0 Å². The molecule has 1 amide bonds. The van der Waals surface area contributed by atoms with E-state index < -0.39 is 0 Å². The van der Waals surface area contributed by atoms with E-state index in [-0.39, 0.29) is 5.91 Å². The molecule has 0 aliphatic rings. The van der Waals surface area contributed by atoms with E-state index in [1.165, 1.54) is 17.3 Å². The normalized spacial score (nSPS) is 10.7. The van der Waals surface area contributed by atoms with E-state index in [1.54, 1.807) is 18.4 Å². The number of furan rings is 1. The molecular formula is C25H23ClN4O2S. The highest BCUT2D eigenvalue weighted by atomic mass is 35.5. The van der Waals surface area contributed by atoms with Gasteiger partial charge in [0.15, 0.2) is 5.16 Å². The molecule has 168 valence electrons. The van der Waals surface area contributed by atoms with Crippen LogP contribution in [0.15, 0.2) is 88.6 Å². The number of thioether (sulfide) groups is 1. The lowest BCUT2D eigenvalue weighted by molar-refractivity contribution is 0.0948. The quantitative estimate of drug-likeness (QED) is 0.192. The van der Waals surface area contributed by atoms with Crippen LogP contribution in [-0.4, -0.2) is 22.9 Å². The molecular weight excluding hydrogens is 456 g/mol. The van der Waals surface area contributed by atoms with Gasteiger partial charge in [0, 0.05) is 31.0 Å². The summed E-state index contributed by atoms with van der Waals surface area (Å²) in [5, 5.41) is 3.86. The number of aromatic nitrogens is 2. The Morgan fingerprint density at radius 2 is 1.82 bits per heavy atom. The summed E-state index contributed by atoms with van der Waals surface area (Å²) in [7, 11) is 1.98. The molecule has 6 nitrogen and oxygen atoms in total. The minimum absolute atomic E-state index is 0.144. The van der Waals surface area contributed by atoms with Crippen LogP contribution in [0, 0.1) is 0 Å². The predicted molar refractivity (Wildman–Crippen MR) is 131 cm³/mol. The van der Waals surface area contributed by atoms with Crippen molar-refractivity contribution in [3.63, 3.8) is 0 Å². The third-order valence-electron chi connectivity index (χ3n) is 4.90. The van der Waals surface area contributed by atoms with Gasteiger partial charge in [0.1, 0.15) is 16.7 Å². The van der Waals surface area contributed by atoms with Crippen LogP contribution in [0.25, 0.3) is 0 Å². The third kappa shape index (κ3) is 6.60. The number of anilines is 1. The topological polar surface area (TPSA) is 71.3 Å². The summed E-state index contributed by atoms with van der Waals surface area (Å²) < 4.78 is 5.23. The minimum atomic E-state index is -0.144. The molecule has 1 N–H and O–H groups in total. The fraction of sp³-hybridized carbons (Fsp3) is 0.160. The number of rotatable bonds is 9. The molecule has 2 heterocycles. The van der Waals surface area contributed by atoms with Crippen molar-refractivity contribution < 1.29 is 9.21 Å². The van der Waals surface area contributed by atoms with Gasteiger partial charge in [-0.05, 0) is 35.4 Å². The fourth-order valence-electron chi connectivity index (χ4n) is 3.17. The maximum absolute atomic E-state index is 12.3. The first kappa shape index (κ1) is 22.9. The zero-order valence-electron chi connectivity index (χ0n) is 18.1. The van der Waals surface area contributed by atoms with Gasteiger partial charge in [0.2, 0.25) is 0 Å². The lowest BCUT2D eigenvalue weighted by Crippen LogP contribution is -2.22. The van der Waals surface area contributed by atoms with Crippen LogP contribution in [0.2, 0.25) is 5.15 Å². The average molecular weight is 479 g/mol. The van der Waals surface area contributed by atoms with Crippen molar-refractivity contribution in [2.45, 2.75) is 24.0 Å². The Kier molecular flexibility index (Phi) is 7.65. The minimum Gasteiger partial charge on any atom is -0.467 e. The molecule has 0 spiro atoms. The smallest absolute Gasteiger partial charge is 0.251 e. The van der Waals surface area contributed by atoms with Gasteiger partial charge in [-0.15, -0.1) is 0 Å². The molecule has 0 saturated heterocycles. The summed E-state index contributed by atoms with van der Waals surface area (Å²) in [5.74, 6) is 2.00. The van der Waals surface area contributed by atoms with Gasteiger partial charge in [0.05, 0.1) is 12.8 Å². The fourth-order valence-corrected chi connectivity index (χ4v) is 4.20. The summed E-state index contributed by atoms with van der Waals surface area (Å²) in [4.78, 5) is 23.4. The van der Waals surface area contributed by atoms with E-state index in [2.05, 4.69) is 27.4 Å². The number of carbonyl (C=O) groups excluding carboxylic acids is 1. The Morgan fingerprint density at radius 3 is 2.55 bits per heavy atom. The van der Waals surface area contributed by atoms with Gasteiger partial charge in [-0.2, -0.15) is 0 Å². The first-order chi connectivity index (χ1) is 16.1. The summed E-state index contributed by atoms with van der Waals surface area (Å²) in [6.07, 6.45) is 1.59. The second kappa shape index (κ2) is 11.0. The Balaban J connectivity index is 1.34. The summed E-state index contributed by atoms with van der Waals surface area (Å²) in [6, 6.07) is 23.1. The molecule has 4 aromatic rings. The van der Waals surface area contributed by atoms with Crippen molar-refractivity contribution in [2.75, 3.05) is 11.9 Å². The molecule has 0 saturated carbocycles. The molecule has 0 fully saturated rings. The lowest BCUT2D eigenvalue weighted by Gasteiger charge is -2.19. The SMILES string of the molecule is CN(Cc1ccccc1)c1cc(Cl)nc(SCc2ccc(C(=O)NCc3ccco3)cc2)n1. The standard InChI is InChI=1S/C25H23ClN4O2S/c1-30(16-18-6-3-2-4-7-18)23-14-22(26)28-25(29-23)33-17-19-9-11-20(12-10-19)24(31)27-15-21-8-5-13-32-21/h2-14H,15-17H2,1H3,(H,27,31). The van der Waals surface area contributed by atoms with Gasteiger partial charge in [0.25, 0.3) is 5.91 Å². The molecule has 2 aromatic heterocycles.